The van der Waals surface area contributed by atoms with E-state index in [4.69, 9.17) is 4.74 Å². The van der Waals surface area contributed by atoms with Crippen LogP contribution >= 0.6 is 0 Å². The first-order chi connectivity index (χ1) is 9.81. The summed E-state index contributed by atoms with van der Waals surface area (Å²) in [7, 11) is 0. The summed E-state index contributed by atoms with van der Waals surface area (Å²) in [5, 5.41) is 3.43. The third-order valence-corrected chi connectivity index (χ3v) is 3.84. The second-order valence-corrected chi connectivity index (χ2v) is 5.73. The largest absolute Gasteiger partial charge is 0.476 e. The molecule has 0 aliphatic heterocycles. The van der Waals surface area contributed by atoms with Crippen molar-refractivity contribution in [2.24, 2.45) is 5.92 Å². The monoisotopic (exact) mass is 277 g/mol. The summed E-state index contributed by atoms with van der Waals surface area (Å²) in [6.07, 6.45) is 11.1. The van der Waals surface area contributed by atoms with E-state index < -0.39 is 0 Å². The lowest BCUT2D eigenvalue weighted by Crippen LogP contribution is -2.16. The van der Waals surface area contributed by atoms with Gasteiger partial charge in [-0.15, -0.1) is 0 Å². The lowest BCUT2D eigenvalue weighted by atomic mass is 10.0. The number of unbranched alkanes of at least 4 members (excludes halogenated alkanes) is 1. The van der Waals surface area contributed by atoms with Crippen molar-refractivity contribution in [1.82, 2.24) is 15.3 Å². The molecule has 0 aromatic carbocycles. The van der Waals surface area contributed by atoms with Crippen LogP contribution in [-0.2, 0) is 6.54 Å². The lowest BCUT2D eigenvalue weighted by molar-refractivity contribution is 0.225. The van der Waals surface area contributed by atoms with Gasteiger partial charge in [-0.05, 0) is 25.2 Å². The summed E-state index contributed by atoms with van der Waals surface area (Å²) in [6, 6.07) is 0.705. The molecule has 112 valence electrons. The SMILES string of the molecule is CCCCC(CC)COc1cnc(CNC2CC2)cn1. The second-order valence-electron chi connectivity index (χ2n) is 5.73. The van der Waals surface area contributed by atoms with Crippen LogP contribution in [0.3, 0.4) is 0 Å². The maximum absolute atomic E-state index is 5.75. The van der Waals surface area contributed by atoms with Gasteiger partial charge in [-0.25, -0.2) is 4.98 Å². The van der Waals surface area contributed by atoms with Gasteiger partial charge in [-0.2, -0.15) is 0 Å². The predicted octanol–water partition coefficient (Wildman–Crippen LogP) is 3.32. The first-order valence-corrected chi connectivity index (χ1v) is 7.98. The van der Waals surface area contributed by atoms with Crippen LogP contribution < -0.4 is 10.1 Å². The molecule has 1 aliphatic carbocycles. The highest BCUT2D eigenvalue weighted by Crippen LogP contribution is 2.19. The van der Waals surface area contributed by atoms with Gasteiger partial charge in [0.05, 0.1) is 24.7 Å². The molecule has 0 radical (unpaired) electrons. The average Bonchev–Trinajstić information content (AvgIpc) is 3.31. The third kappa shape index (κ3) is 5.45. The Morgan fingerprint density at radius 1 is 1.30 bits per heavy atom. The number of ether oxygens (including phenoxy) is 1. The van der Waals surface area contributed by atoms with Gasteiger partial charge in [0.2, 0.25) is 5.88 Å². The van der Waals surface area contributed by atoms with Crippen LogP contribution in [0, 0.1) is 5.92 Å². The zero-order valence-electron chi connectivity index (χ0n) is 12.8. The lowest BCUT2D eigenvalue weighted by Gasteiger charge is -2.14. The van der Waals surface area contributed by atoms with E-state index >= 15 is 0 Å². The minimum Gasteiger partial charge on any atom is -0.476 e. The second kappa shape index (κ2) is 8.20. The molecule has 0 spiro atoms. The molecular weight excluding hydrogens is 250 g/mol. The number of rotatable bonds is 10. The molecule has 1 fully saturated rings. The Balaban J connectivity index is 1.71. The van der Waals surface area contributed by atoms with Crippen LogP contribution in [0.2, 0.25) is 0 Å². The van der Waals surface area contributed by atoms with Gasteiger partial charge in [0.25, 0.3) is 0 Å². The van der Waals surface area contributed by atoms with Crippen molar-refractivity contribution in [2.45, 2.75) is 65.0 Å². The minimum absolute atomic E-state index is 0.632. The molecule has 1 N–H and O–H groups in total. The van der Waals surface area contributed by atoms with Crippen LogP contribution in [0.15, 0.2) is 12.4 Å². The fourth-order valence-electron chi connectivity index (χ4n) is 2.15. The summed E-state index contributed by atoms with van der Waals surface area (Å²) >= 11 is 0. The smallest absolute Gasteiger partial charge is 0.232 e. The molecule has 1 aliphatic rings. The molecule has 0 saturated heterocycles. The number of aromatic nitrogens is 2. The molecule has 4 nitrogen and oxygen atoms in total. The van der Waals surface area contributed by atoms with Gasteiger partial charge in [-0.1, -0.05) is 33.1 Å². The van der Waals surface area contributed by atoms with Crippen LogP contribution in [0.4, 0.5) is 0 Å². The molecule has 2 rings (SSSR count). The Bertz CT molecular complexity index is 376. The maximum Gasteiger partial charge on any atom is 0.232 e. The first kappa shape index (κ1) is 15.2. The molecule has 1 atom stereocenters. The third-order valence-electron chi connectivity index (χ3n) is 3.84. The summed E-state index contributed by atoms with van der Waals surface area (Å²) in [4.78, 5) is 8.73. The Morgan fingerprint density at radius 3 is 2.75 bits per heavy atom. The van der Waals surface area contributed by atoms with Crippen molar-refractivity contribution >= 4 is 0 Å². The Labute approximate surface area is 122 Å². The van der Waals surface area contributed by atoms with E-state index in [1.54, 1.807) is 6.20 Å². The number of hydrogen-bond donors (Lipinski definition) is 1. The van der Waals surface area contributed by atoms with E-state index in [1.165, 1.54) is 32.1 Å². The Morgan fingerprint density at radius 2 is 2.15 bits per heavy atom. The Hall–Kier alpha value is -1.16. The molecule has 1 saturated carbocycles. The van der Waals surface area contributed by atoms with E-state index in [1.807, 2.05) is 6.20 Å². The van der Waals surface area contributed by atoms with E-state index in [-0.39, 0.29) is 0 Å². The number of nitrogens with zero attached hydrogens (tertiary/aromatic N) is 2. The van der Waals surface area contributed by atoms with Crippen molar-refractivity contribution < 1.29 is 4.74 Å². The van der Waals surface area contributed by atoms with Crippen LogP contribution in [-0.4, -0.2) is 22.6 Å². The van der Waals surface area contributed by atoms with Crippen LogP contribution in [0.25, 0.3) is 0 Å². The van der Waals surface area contributed by atoms with Gasteiger partial charge in [-0.3, -0.25) is 4.98 Å². The van der Waals surface area contributed by atoms with E-state index in [9.17, 15) is 0 Å². The summed E-state index contributed by atoms with van der Waals surface area (Å²) in [5.74, 6) is 1.28. The highest BCUT2D eigenvalue weighted by Gasteiger charge is 2.20. The summed E-state index contributed by atoms with van der Waals surface area (Å²) < 4.78 is 5.75. The van der Waals surface area contributed by atoms with Gasteiger partial charge >= 0.3 is 0 Å². The van der Waals surface area contributed by atoms with Crippen molar-refractivity contribution in [3.8, 4) is 5.88 Å². The molecule has 20 heavy (non-hydrogen) atoms. The van der Waals surface area contributed by atoms with E-state index in [2.05, 4.69) is 29.1 Å². The van der Waals surface area contributed by atoms with Gasteiger partial charge < -0.3 is 10.1 Å². The first-order valence-electron chi connectivity index (χ1n) is 7.98. The van der Waals surface area contributed by atoms with Gasteiger partial charge in [0, 0.05) is 12.6 Å². The molecule has 0 bridgehead atoms. The van der Waals surface area contributed by atoms with E-state index in [0.717, 1.165) is 25.3 Å². The fraction of sp³-hybridized carbons (Fsp3) is 0.750. The topological polar surface area (TPSA) is 47.0 Å². The standard InChI is InChI=1S/C16H27N3O/c1-3-5-6-13(4-2)12-20-16-11-18-15(10-19-16)9-17-14-7-8-14/h10-11,13-14,17H,3-9,12H2,1-2H3. The van der Waals surface area contributed by atoms with E-state index in [0.29, 0.717) is 17.8 Å². The van der Waals surface area contributed by atoms with Gasteiger partial charge in [0.1, 0.15) is 0 Å². The molecule has 1 aromatic heterocycles. The molecule has 1 aromatic rings. The molecule has 1 heterocycles. The molecule has 0 amide bonds. The van der Waals surface area contributed by atoms with Crippen LogP contribution in [0.1, 0.15) is 58.1 Å². The molecule has 1 unspecified atom stereocenters. The number of nitrogens with one attached hydrogen (secondary N) is 1. The summed E-state index contributed by atoms with van der Waals surface area (Å²) in [6.45, 7) is 6.02. The van der Waals surface area contributed by atoms with Crippen LogP contribution in [0.5, 0.6) is 5.88 Å². The highest BCUT2D eigenvalue weighted by molar-refractivity contribution is 5.07. The zero-order chi connectivity index (χ0) is 14.2. The average molecular weight is 277 g/mol. The Kier molecular flexibility index (Phi) is 6.25. The highest BCUT2D eigenvalue weighted by atomic mass is 16.5. The van der Waals surface area contributed by atoms with Gasteiger partial charge in [0.15, 0.2) is 0 Å². The van der Waals surface area contributed by atoms with Crippen molar-refractivity contribution in [3.63, 3.8) is 0 Å². The summed E-state index contributed by atoms with van der Waals surface area (Å²) in [5.41, 5.74) is 0.988. The molecule has 4 heteroatoms. The molecular formula is C16H27N3O. The maximum atomic E-state index is 5.75. The predicted molar refractivity (Wildman–Crippen MR) is 80.7 cm³/mol. The zero-order valence-corrected chi connectivity index (χ0v) is 12.8. The van der Waals surface area contributed by atoms with Crippen molar-refractivity contribution in [2.75, 3.05) is 6.61 Å². The van der Waals surface area contributed by atoms with Crippen molar-refractivity contribution in [3.05, 3.63) is 18.1 Å². The van der Waals surface area contributed by atoms with Crippen molar-refractivity contribution in [1.29, 1.82) is 0 Å². The quantitative estimate of drug-likeness (QED) is 0.712. The normalized spacial score (nSPS) is 16.1. The fourth-order valence-corrected chi connectivity index (χ4v) is 2.15. The minimum atomic E-state index is 0.632. The number of hydrogen-bond acceptors (Lipinski definition) is 4.